The smallest absolute Gasteiger partial charge is 0.0929 e. The van der Waals surface area contributed by atoms with Crippen molar-refractivity contribution < 1.29 is 9.47 Å². The predicted octanol–water partition coefficient (Wildman–Crippen LogP) is 1.46. The maximum absolute atomic E-state index is 5.01. The fraction of sp³-hybridized carbons (Fsp3) is 0.727. The SMILES string of the molecule is COCCCc1nc(CNCCOC)cs1. The van der Waals surface area contributed by atoms with Gasteiger partial charge in [0.15, 0.2) is 0 Å². The third kappa shape index (κ3) is 5.55. The molecule has 92 valence electrons. The molecule has 1 aromatic heterocycles. The Labute approximate surface area is 101 Å². The van der Waals surface area contributed by atoms with Gasteiger partial charge in [-0.05, 0) is 6.42 Å². The van der Waals surface area contributed by atoms with Crippen molar-refractivity contribution >= 4 is 11.3 Å². The van der Waals surface area contributed by atoms with Crippen molar-refractivity contribution in [3.8, 4) is 0 Å². The molecule has 0 bridgehead atoms. The van der Waals surface area contributed by atoms with Gasteiger partial charge in [0.1, 0.15) is 0 Å². The number of ether oxygens (including phenoxy) is 2. The van der Waals surface area contributed by atoms with Gasteiger partial charge < -0.3 is 14.8 Å². The van der Waals surface area contributed by atoms with Crippen LogP contribution in [0, 0.1) is 0 Å². The van der Waals surface area contributed by atoms with Crippen LogP contribution in [0.3, 0.4) is 0 Å². The molecule has 0 amide bonds. The quantitative estimate of drug-likeness (QED) is 0.668. The average Bonchev–Trinajstić information content (AvgIpc) is 2.73. The molecule has 16 heavy (non-hydrogen) atoms. The van der Waals surface area contributed by atoms with Crippen LogP contribution < -0.4 is 5.32 Å². The van der Waals surface area contributed by atoms with Crippen LogP contribution in [-0.2, 0) is 22.4 Å². The summed E-state index contributed by atoms with van der Waals surface area (Å²) in [4.78, 5) is 4.54. The Bertz CT molecular complexity index is 279. The van der Waals surface area contributed by atoms with Crippen molar-refractivity contribution in [2.24, 2.45) is 0 Å². The molecule has 0 spiro atoms. The Morgan fingerprint density at radius 3 is 2.88 bits per heavy atom. The highest BCUT2D eigenvalue weighted by atomic mass is 32.1. The van der Waals surface area contributed by atoms with Crippen LogP contribution in [0.25, 0.3) is 0 Å². The highest BCUT2D eigenvalue weighted by Gasteiger charge is 2.01. The third-order valence-corrected chi connectivity index (χ3v) is 3.08. The van der Waals surface area contributed by atoms with Crippen molar-refractivity contribution in [3.05, 3.63) is 16.1 Å². The molecule has 0 fully saturated rings. The molecule has 0 aliphatic carbocycles. The zero-order valence-electron chi connectivity index (χ0n) is 9.99. The van der Waals surface area contributed by atoms with E-state index in [9.17, 15) is 0 Å². The molecule has 1 aromatic rings. The van der Waals surface area contributed by atoms with Crippen LogP contribution >= 0.6 is 11.3 Å². The van der Waals surface area contributed by atoms with Gasteiger partial charge >= 0.3 is 0 Å². The fourth-order valence-electron chi connectivity index (χ4n) is 1.30. The number of rotatable bonds is 9. The van der Waals surface area contributed by atoms with E-state index in [0.29, 0.717) is 0 Å². The zero-order valence-corrected chi connectivity index (χ0v) is 10.8. The van der Waals surface area contributed by atoms with Crippen LogP contribution in [0.4, 0.5) is 0 Å². The minimum Gasteiger partial charge on any atom is -0.385 e. The molecule has 0 saturated carbocycles. The van der Waals surface area contributed by atoms with Crippen LogP contribution in [0.15, 0.2) is 5.38 Å². The number of methoxy groups -OCH3 is 2. The van der Waals surface area contributed by atoms with E-state index >= 15 is 0 Å². The maximum Gasteiger partial charge on any atom is 0.0929 e. The second-order valence-corrected chi connectivity index (χ2v) is 4.44. The van der Waals surface area contributed by atoms with Crippen LogP contribution in [0.2, 0.25) is 0 Å². The Morgan fingerprint density at radius 2 is 2.12 bits per heavy atom. The van der Waals surface area contributed by atoms with E-state index in [4.69, 9.17) is 9.47 Å². The number of hydrogen-bond donors (Lipinski definition) is 1. The normalized spacial score (nSPS) is 10.9. The Balaban J connectivity index is 2.17. The second-order valence-electron chi connectivity index (χ2n) is 3.50. The molecule has 0 aliphatic heterocycles. The van der Waals surface area contributed by atoms with Gasteiger partial charge in [-0.3, -0.25) is 0 Å². The van der Waals surface area contributed by atoms with Gasteiger partial charge in [0, 0.05) is 45.7 Å². The summed E-state index contributed by atoms with van der Waals surface area (Å²) < 4.78 is 9.97. The summed E-state index contributed by atoms with van der Waals surface area (Å²) in [7, 11) is 3.44. The monoisotopic (exact) mass is 244 g/mol. The molecule has 0 aliphatic rings. The van der Waals surface area contributed by atoms with E-state index in [1.54, 1.807) is 25.6 Å². The third-order valence-electron chi connectivity index (χ3n) is 2.13. The summed E-state index contributed by atoms with van der Waals surface area (Å²) >= 11 is 1.73. The van der Waals surface area contributed by atoms with Crippen molar-refractivity contribution in [2.45, 2.75) is 19.4 Å². The number of nitrogens with one attached hydrogen (secondary N) is 1. The minimum atomic E-state index is 0.741. The van der Waals surface area contributed by atoms with Crippen molar-refractivity contribution in [1.82, 2.24) is 10.3 Å². The number of aryl methyl sites for hydroxylation is 1. The van der Waals surface area contributed by atoms with Gasteiger partial charge in [-0.2, -0.15) is 0 Å². The summed E-state index contributed by atoms with van der Waals surface area (Å²) in [5.74, 6) is 0. The van der Waals surface area contributed by atoms with E-state index in [2.05, 4.69) is 15.7 Å². The van der Waals surface area contributed by atoms with Crippen molar-refractivity contribution in [2.75, 3.05) is 34.0 Å². The minimum absolute atomic E-state index is 0.741. The Kier molecular flexibility index (Phi) is 7.33. The molecule has 5 heteroatoms. The Morgan fingerprint density at radius 1 is 1.31 bits per heavy atom. The van der Waals surface area contributed by atoms with Crippen LogP contribution in [-0.4, -0.2) is 39.0 Å². The summed E-state index contributed by atoms with van der Waals surface area (Å²) in [5.41, 5.74) is 1.12. The van der Waals surface area contributed by atoms with E-state index in [0.717, 1.165) is 44.8 Å². The molecule has 1 rings (SSSR count). The molecule has 1 N–H and O–H groups in total. The first kappa shape index (κ1) is 13.6. The maximum atomic E-state index is 5.01. The van der Waals surface area contributed by atoms with Crippen molar-refractivity contribution in [3.63, 3.8) is 0 Å². The van der Waals surface area contributed by atoms with E-state index in [-0.39, 0.29) is 0 Å². The Hall–Kier alpha value is -0.490. The second kappa shape index (κ2) is 8.64. The number of nitrogens with zero attached hydrogens (tertiary/aromatic N) is 1. The molecule has 0 radical (unpaired) electrons. The van der Waals surface area contributed by atoms with Crippen molar-refractivity contribution in [1.29, 1.82) is 0 Å². The first-order valence-electron chi connectivity index (χ1n) is 5.48. The summed E-state index contributed by atoms with van der Waals surface area (Å²) in [6, 6.07) is 0. The van der Waals surface area contributed by atoms with E-state index in [1.807, 2.05) is 0 Å². The summed E-state index contributed by atoms with van der Waals surface area (Å²) in [5, 5.41) is 6.59. The lowest BCUT2D eigenvalue weighted by molar-refractivity contribution is 0.195. The molecule has 0 saturated heterocycles. The predicted molar refractivity (Wildman–Crippen MR) is 65.9 cm³/mol. The molecular formula is C11H20N2O2S. The molecule has 1 heterocycles. The standard InChI is InChI=1S/C11H20N2O2S/c1-14-6-3-4-11-13-10(9-16-11)8-12-5-7-15-2/h9,12H,3-8H2,1-2H3. The summed E-state index contributed by atoms with van der Waals surface area (Å²) in [6.07, 6.45) is 2.05. The molecule has 4 nitrogen and oxygen atoms in total. The van der Waals surface area contributed by atoms with E-state index in [1.165, 1.54) is 5.01 Å². The zero-order chi connectivity index (χ0) is 11.6. The van der Waals surface area contributed by atoms with E-state index < -0.39 is 0 Å². The highest BCUT2D eigenvalue weighted by molar-refractivity contribution is 7.09. The van der Waals surface area contributed by atoms with Crippen LogP contribution in [0.5, 0.6) is 0 Å². The lowest BCUT2D eigenvalue weighted by Gasteiger charge is -2.00. The largest absolute Gasteiger partial charge is 0.385 e. The van der Waals surface area contributed by atoms with Gasteiger partial charge in [-0.15, -0.1) is 11.3 Å². The van der Waals surface area contributed by atoms with Crippen LogP contribution in [0.1, 0.15) is 17.1 Å². The van der Waals surface area contributed by atoms with Gasteiger partial charge in [0.25, 0.3) is 0 Å². The van der Waals surface area contributed by atoms with Gasteiger partial charge in [0.05, 0.1) is 17.3 Å². The van der Waals surface area contributed by atoms with Gasteiger partial charge in [-0.25, -0.2) is 4.98 Å². The summed E-state index contributed by atoms with van der Waals surface area (Å²) in [6.45, 7) is 3.24. The topological polar surface area (TPSA) is 43.4 Å². The molecule has 0 aromatic carbocycles. The van der Waals surface area contributed by atoms with Gasteiger partial charge in [0.2, 0.25) is 0 Å². The highest BCUT2D eigenvalue weighted by Crippen LogP contribution is 2.11. The first-order chi connectivity index (χ1) is 7.86. The number of thiazole rings is 1. The number of hydrogen-bond acceptors (Lipinski definition) is 5. The average molecular weight is 244 g/mol. The molecular weight excluding hydrogens is 224 g/mol. The lowest BCUT2D eigenvalue weighted by Crippen LogP contribution is -2.18. The molecule has 0 unspecified atom stereocenters. The number of aromatic nitrogens is 1. The first-order valence-corrected chi connectivity index (χ1v) is 6.36. The lowest BCUT2D eigenvalue weighted by atomic mass is 10.3. The fourth-order valence-corrected chi connectivity index (χ4v) is 2.14. The molecule has 0 atom stereocenters. The van der Waals surface area contributed by atoms with Gasteiger partial charge in [-0.1, -0.05) is 0 Å².